The van der Waals surface area contributed by atoms with E-state index >= 15 is 0 Å². The highest BCUT2D eigenvalue weighted by Gasteiger charge is 2.28. The van der Waals surface area contributed by atoms with Crippen molar-refractivity contribution in [2.75, 3.05) is 11.5 Å². The number of nitrogen functional groups attached to an aromatic ring is 2. The van der Waals surface area contributed by atoms with Gasteiger partial charge < -0.3 is 31.2 Å². The van der Waals surface area contributed by atoms with Crippen LogP contribution in [-0.2, 0) is 60.6 Å². The summed E-state index contributed by atoms with van der Waals surface area (Å²) in [6.07, 6.45) is 1.74. The van der Waals surface area contributed by atoms with Crippen LogP contribution in [0, 0.1) is 0 Å². The Morgan fingerprint density at radius 1 is 0.375 bits per heavy atom. The van der Waals surface area contributed by atoms with Gasteiger partial charge in [0.25, 0.3) is 0 Å². The van der Waals surface area contributed by atoms with Crippen molar-refractivity contribution in [2.45, 2.75) is 144 Å². The van der Waals surface area contributed by atoms with E-state index in [1.165, 1.54) is 0 Å². The Morgan fingerprint density at radius 2 is 0.594 bits per heavy atom. The second-order valence-corrected chi connectivity index (χ2v) is 22.3. The second-order valence-electron chi connectivity index (χ2n) is 22.3. The number of aromatic hydroxyl groups is 2. The van der Waals surface area contributed by atoms with Gasteiger partial charge in [-0.15, -0.1) is 0 Å². The van der Waals surface area contributed by atoms with Gasteiger partial charge in [-0.05, 0) is 124 Å². The fourth-order valence-electron chi connectivity index (χ4n) is 8.56. The molecule has 336 valence electrons. The van der Waals surface area contributed by atoms with E-state index in [2.05, 4.69) is 132 Å². The molecule has 6 heteroatoms. The summed E-state index contributed by atoms with van der Waals surface area (Å²) < 4.78 is 13.9. The third kappa shape index (κ3) is 10.4. The number of fused-ring (bicyclic) bond motifs is 8. The van der Waals surface area contributed by atoms with Gasteiger partial charge in [0, 0.05) is 37.1 Å². The van der Waals surface area contributed by atoms with Crippen LogP contribution in [0.15, 0.2) is 97.1 Å². The van der Waals surface area contributed by atoms with E-state index in [1.807, 2.05) is 48.5 Å². The molecule has 6 aromatic carbocycles. The SMILES string of the molecule is CC(C)(C)c1cc2c(O)c(c1)Cc1cc(C(C)(C)C)cc(c1OCc1ccc(N)cc1)Cc1cc(C(C)(C)C)cc(c1O)Cc1cc(C(C)(C)C)cc(c1OCc1ccc(N)cc1)C2. The zero-order valence-electron chi connectivity index (χ0n) is 40.3. The molecule has 0 saturated carbocycles. The third-order valence-corrected chi connectivity index (χ3v) is 12.7. The summed E-state index contributed by atoms with van der Waals surface area (Å²) in [5.41, 5.74) is 26.6. The first kappa shape index (κ1) is 46.1. The summed E-state index contributed by atoms with van der Waals surface area (Å²) in [6, 6.07) is 33.3. The molecule has 0 saturated heterocycles. The number of hydrogen-bond donors (Lipinski definition) is 4. The summed E-state index contributed by atoms with van der Waals surface area (Å²) >= 11 is 0. The highest BCUT2D eigenvalue weighted by Crippen LogP contribution is 2.44. The molecule has 6 N–H and O–H groups in total. The highest BCUT2D eigenvalue weighted by atomic mass is 16.5. The molecule has 0 radical (unpaired) electrons. The molecule has 0 aromatic heterocycles. The number of rotatable bonds is 6. The van der Waals surface area contributed by atoms with Gasteiger partial charge in [-0.2, -0.15) is 0 Å². The summed E-state index contributed by atoms with van der Waals surface area (Å²) in [4.78, 5) is 0. The maximum Gasteiger partial charge on any atom is 0.126 e. The molecule has 0 heterocycles. The number of benzene rings is 6. The normalized spacial score (nSPS) is 13.4. The summed E-state index contributed by atoms with van der Waals surface area (Å²) in [5, 5.41) is 25.3. The molecule has 0 spiro atoms. The lowest BCUT2D eigenvalue weighted by molar-refractivity contribution is 0.300. The standard InChI is InChI=1S/C58H70N2O4/c1-55(2,3)45-25-37-21-41-29-47(57(7,8)9)31-43(53(41)63-33-35-13-17-49(59)18-14-35)23-39-27-46(56(4,5)6)28-40(52(39)62)24-44-32-48(58(10,11)12)30-42(22-38(26-45)51(37)61)54(44)64-34-36-15-19-50(60)20-16-36/h13-20,25-32,61-62H,21-24,33-34,59-60H2,1-12H3. The predicted octanol–water partition coefficient (Wildman–Crippen LogP) is 13.3. The van der Waals surface area contributed by atoms with Crippen LogP contribution in [0.1, 0.15) is 161 Å². The molecule has 6 aromatic rings. The number of ether oxygens (including phenoxy) is 2. The van der Waals surface area contributed by atoms with E-state index in [1.54, 1.807) is 0 Å². The number of hydrogen-bond acceptors (Lipinski definition) is 6. The van der Waals surface area contributed by atoms with Crippen molar-refractivity contribution in [3.05, 3.63) is 175 Å². The van der Waals surface area contributed by atoms with Crippen molar-refractivity contribution in [1.82, 2.24) is 0 Å². The maximum absolute atomic E-state index is 12.6. The van der Waals surface area contributed by atoms with Crippen molar-refractivity contribution in [3.63, 3.8) is 0 Å². The lowest BCUT2D eigenvalue weighted by Gasteiger charge is -2.28. The monoisotopic (exact) mass is 859 g/mol. The summed E-state index contributed by atoms with van der Waals surface area (Å²) in [5.74, 6) is 2.08. The van der Waals surface area contributed by atoms with Gasteiger partial charge in [0.05, 0.1) is 0 Å². The molecule has 8 bridgehead atoms. The number of phenolic OH excluding ortho intramolecular Hbond substituents is 2. The van der Waals surface area contributed by atoms with Crippen LogP contribution >= 0.6 is 0 Å². The van der Waals surface area contributed by atoms with Crippen LogP contribution in [0.4, 0.5) is 11.4 Å². The Labute approximate surface area is 382 Å². The number of phenols is 2. The molecule has 0 fully saturated rings. The molecule has 7 rings (SSSR count). The highest BCUT2D eigenvalue weighted by molar-refractivity contribution is 5.59. The molecule has 64 heavy (non-hydrogen) atoms. The van der Waals surface area contributed by atoms with Gasteiger partial charge in [-0.1, -0.05) is 156 Å². The van der Waals surface area contributed by atoms with Gasteiger partial charge in [-0.25, -0.2) is 0 Å². The Bertz CT molecular complexity index is 2380. The fraction of sp³-hybridized carbons (Fsp3) is 0.379. The minimum atomic E-state index is -0.205. The predicted molar refractivity (Wildman–Crippen MR) is 265 cm³/mol. The van der Waals surface area contributed by atoms with Crippen LogP contribution in [0.3, 0.4) is 0 Å². The van der Waals surface area contributed by atoms with E-state index < -0.39 is 0 Å². The van der Waals surface area contributed by atoms with Crippen molar-refractivity contribution in [3.8, 4) is 23.0 Å². The topological polar surface area (TPSA) is 111 Å². The Morgan fingerprint density at radius 3 is 0.812 bits per heavy atom. The van der Waals surface area contributed by atoms with Gasteiger partial charge in [0.1, 0.15) is 36.2 Å². The molecule has 1 aliphatic carbocycles. The van der Waals surface area contributed by atoms with Crippen LogP contribution in [0.2, 0.25) is 0 Å². The number of anilines is 2. The van der Waals surface area contributed by atoms with Crippen molar-refractivity contribution < 1.29 is 19.7 Å². The zero-order chi connectivity index (χ0) is 46.5. The maximum atomic E-state index is 12.6. The molecule has 0 unspecified atom stereocenters. The quantitative estimate of drug-likeness (QED) is 0.124. The molecule has 0 amide bonds. The van der Waals surface area contributed by atoms with E-state index in [4.69, 9.17) is 20.9 Å². The first-order chi connectivity index (χ1) is 29.8. The molecular weight excluding hydrogens is 789 g/mol. The van der Waals surface area contributed by atoms with E-state index in [0.29, 0.717) is 50.3 Å². The lowest BCUT2D eigenvalue weighted by atomic mass is 9.79. The summed E-state index contributed by atoms with van der Waals surface area (Å²) in [7, 11) is 0. The van der Waals surface area contributed by atoms with Crippen LogP contribution in [-0.4, -0.2) is 10.2 Å². The van der Waals surface area contributed by atoms with E-state index in [0.717, 1.165) is 89.4 Å². The second kappa shape index (κ2) is 17.3. The van der Waals surface area contributed by atoms with E-state index in [-0.39, 0.29) is 33.2 Å². The Balaban J connectivity index is 1.54. The Kier molecular flexibility index (Phi) is 12.4. The summed E-state index contributed by atoms with van der Waals surface area (Å²) in [6.45, 7) is 27.4. The zero-order valence-corrected chi connectivity index (χ0v) is 40.3. The fourth-order valence-corrected chi connectivity index (χ4v) is 8.56. The minimum absolute atomic E-state index is 0.197. The molecule has 6 nitrogen and oxygen atoms in total. The van der Waals surface area contributed by atoms with E-state index in [9.17, 15) is 10.2 Å². The number of nitrogens with two attached hydrogens (primary N) is 2. The van der Waals surface area contributed by atoms with Crippen molar-refractivity contribution in [1.29, 1.82) is 0 Å². The molecular formula is C58H70N2O4. The first-order valence-corrected chi connectivity index (χ1v) is 22.8. The molecule has 1 aliphatic rings. The third-order valence-electron chi connectivity index (χ3n) is 12.7. The van der Waals surface area contributed by atoms with Gasteiger partial charge in [-0.3, -0.25) is 0 Å². The van der Waals surface area contributed by atoms with Gasteiger partial charge in [0.2, 0.25) is 0 Å². The first-order valence-electron chi connectivity index (χ1n) is 22.8. The molecule has 0 aliphatic heterocycles. The average Bonchev–Trinajstić information content (AvgIpc) is 3.19. The molecule has 0 atom stereocenters. The van der Waals surface area contributed by atoms with Crippen LogP contribution in [0.5, 0.6) is 23.0 Å². The smallest absolute Gasteiger partial charge is 0.126 e. The van der Waals surface area contributed by atoms with Crippen LogP contribution in [0.25, 0.3) is 0 Å². The van der Waals surface area contributed by atoms with Crippen LogP contribution < -0.4 is 20.9 Å². The van der Waals surface area contributed by atoms with Gasteiger partial charge >= 0.3 is 0 Å². The van der Waals surface area contributed by atoms with Crippen molar-refractivity contribution >= 4 is 11.4 Å². The Hall–Kier alpha value is -5.88. The average molecular weight is 859 g/mol. The lowest BCUT2D eigenvalue weighted by Crippen LogP contribution is -2.16. The largest absolute Gasteiger partial charge is 0.507 e. The minimum Gasteiger partial charge on any atom is -0.507 e. The van der Waals surface area contributed by atoms with Crippen molar-refractivity contribution in [2.24, 2.45) is 0 Å². The van der Waals surface area contributed by atoms with Gasteiger partial charge in [0.15, 0.2) is 0 Å².